The minimum Gasteiger partial charge on any atom is -0.506 e. The maximum absolute atomic E-state index is 12.0. The Labute approximate surface area is 154 Å². The number of phenols is 1. The molecule has 0 bridgehead atoms. The van der Waals surface area contributed by atoms with Crippen molar-refractivity contribution in [1.82, 2.24) is 5.01 Å². The number of phenolic OH excluding ortho intramolecular Hbond substituents is 1. The largest absolute Gasteiger partial charge is 0.506 e. The molecule has 0 radical (unpaired) electrons. The third-order valence-electron chi connectivity index (χ3n) is 3.83. The van der Waals surface area contributed by atoms with Crippen LogP contribution in [-0.2, 0) is 4.79 Å². The maximum atomic E-state index is 12.0. The molecule has 0 aliphatic carbocycles. The highest BCUT2D eigenvalue weighted by atomic mass is 35.5. The number of halogens is 3. The summed E-state index contributed by atoms with van der Waals surface area (Å²) in [4.78, 5) is 12.0. The molecule has 24 heavy (non-hydrogen) atoms. The molecule has 0 spiro atoms. The van der Waals surface area contributed by atoms with Crippen molar-refractivity contribution in [3.05, 3.63) is 62.6 Å². The molecule has 1 heterocycles. The highest BCUT2D eigenvalue weighted by Gasteiger charge is 2.32. The van der Waals surface area contributed by atoms with Gasteiger partial charge in [-0.2, -0.15) is 5.10 Å². The molecule has 1 N–H and O–H groups in total. The van der Waals surface area contributed by atoms with Gasteiger partial charge in [0.15, 0.2) is 0 Å². The highest BCUT2D eigenvalue weighted by molar-refractivity contribution is 6.36. The molecule has 7 heteroatoms. The van der Waals surface area contributed by atoms with Crippen LogP contribution in [-0.4, -0.2) is 21.7 Å². The Morgan fingerprint density at radius 1 is 1.17 bits per heavy atom. The van der Waals surface area contributed by atoms with Crippen LogP contribution in [0.3, 0.4) is 0 Å². The fourth-order valence-electron chi connectivity index (χ4n) is 2.69. The second kappa shape index (κ2) is 6.63. The van der Waals surface area contributed by atoms with Crippen LogP contribution in [0.1, 0.15) is 30.5 Å². The Kier molecular flexibility index (Phi) is 4.72. The van der Waals surface area contributed by atoms with Gasteiger partial charge in [0, 0.05) is 29.0 Å². The first kappa shape index (κ1) is 17.1. The van der Waals surface area contributed by atoms with Crippen molar-refractivity contribution in [2.24, 2.45) is 5.10 Å². The second-order valence-electron chi connectivity index (χ2n) is 5.47. The zero-order chi connectivity index (χ0) is 17.4. The molecule has 1 amide bonds. The van der Waals surface area contributed by atoms with E-state index < -0.39 is 0 Å². The number of benzene rings is 2. The summed E-state index contributed by atoms with van der Waals surface area (Å²) in [6, 6.07) is 10.0. The summed E-state index contributed by atoms with van der Waals surface area (Å²) in [7, 11) is 0. The molecule has 0 aromatic heterocycles. The summed E-state index contributed by atoms with van der Waals surface area (Å²) >= 11 is 17.9. The summed E-state index contributed by atoms with van der Waals surface area (Å²) in [5, 5.41) is 17.1. The smallest absolute Gasteiger partial charge is 0.240 e. The number of aromatic hydroxyl groups is 1. The van der Waals surface area contributed by atoms with Crippen molar-refractivity contribution in [2.75, 3.05) is 0 Å². The first-order chi connectivity index (χ1) is 11.4. The van der Waals surface area contributed by atoms with E-state index in [1.54, 1.807) is 18.2 Å². The molecule has 2 aromatic rings. The Morgan fingerprint density at radius 3 is 2.46 bits per heavy atom. The van der Waals surface area contributed by atoms with Gasteiger partial charge in [0.1, 0.15) is 5.75 Å². The van der Waals surface area contributed by atoms with Crippen molar-refractivity contribution in [3.8, 4) is 5.75 Å². The third kappa shape index (κ3) is 3.22. The van der Waals surface area contributed by atoms with Crippen LogP contribution in [0.15, 0.2) is 41.5 Å². The highest BCUT2D eigenvalue weighted by Crippen LogP contribution is 2.38. The van der Waals surface area contributed by atoms with E-state index >= 15 is 0 Å². The molecule has 1 aliphatic rings. The molecule has 1 atom stereocenters. The predicted molar refractivity (Wildman–Crippen MR) is 96.0 cm³/mol. The lowest BCUT2D eigenvalue weighted by atomic mass is 9.98. The minimum absolute atomic E-state index is 0.0972. The van der Waals surface area contributed by atoms with Crippen LogP contribution >= 0.6 is 34.8 Å². The van der Waals surface area contributed by atoms with E-state index in [9.17, 15) is 9.90 Å². The van der Waals surface area contributed by atoms with Gasteiger partial charge in [-0.3, -0.25) is 4.79 Å². The van der Waals surface area contributed by atoms with Gasteiger partial charge in [0.2, 0.25) is 5.91 Å². The standard InChI is InChI=1S/C17H13Cl3N2O2/c1-9(23)22-16(10-2-4-11(18)5-3-10)8-15(21-22)13-6-12(19)7-14(20)17(13)24/h2-7,16,24H,8H2,1H3. The number of hydrogen-bond acceptors (Lipinski definition) is 3. The fourth-order valence-corrected chi connectivity index (χ4v) is 3.31. The van der Waals surface area contributed by atoms with Gasteiger partial charge < -0.3 is 5.11 Å². The third-order valence-corrected chi connectivity index (χ3v) is 4.59. The van der Waals surface area contributed by atoms with Crippen molar-refractivity contribution < 1.29 is 9.90 Å². The topological polar surface area (TPSA) is 52.9 Å². The number of nitrogens with zero attached hydrogens (tertiary/aromatic N) is 2. The zero-order valence-electron chi connectivity index (χ0n) is 12.6. The van der Waals surface area contributed by atoms with Crippen LogP contribution in [0.5, 0.6) is 5.75 Å². The minimum atomic E-state index is -0.271. The molecule has 0 saturated carbocycles. The van der Waals surface area contributed by atoms with E-state index in [4.69, 9.17) is 34.8 Å². The molecule has 3 rings (SSSR count). The summed E-state index contributed by atoms with van der Waals surface area (Å²) in [6.07, 6.45) is 0.436. The Bertz CT molecular complexity index is 834. The number of carbonyl (C=O) groups excluding carboxylic acids is 1. The molecule has 4 nitrogen and oxygen atoms in total. The van der Waals surface area contributed by atoms with E-state index in [1.165, 1.54) is 18.0 Å². The van der Waals surface area contributed by atoms with Crippen LogP contribution in [0.4, 0.5) is 0 Å². The van der Waals surface area contributed by atoms with Gasteiger partial charge in [-0.1, -0.05) is 46.9 Å². The number of hydrazone groups is 1. The van der Waals surface area contributed by atoms with Crippen LogP contribution in [0.2, 0.25) is 15.1 Å². The summed E-state index contributed by atoms with van der Waals surface area (Å²) in [5.74, 6) is -0.294. The lowest BCUT2D eigenvalue weighted by molar-refractivity contribution is -0.130. The lowest BCUT2D eigenvalue weighted by Crippen LogP contribution is -2.24. The first-order valence-corrected chi connectivity index (χ1v) is 8.31. The number of rotatable bonds is 2. The van der Waals surface area contributed by atoms with Gasteiger partial charge >= 0.3 is 0 Å². The first-order valence-electron chi connectivity index (χ1n) is 7.18. The quantitative estimate of drug-likeness (QED) is 0.789. The van der Waals surface area contributed by atoms with Gasteiger partial charge in [0.05, 0.1) is 16.8 Å². The SMILES string of the molecule is CC(=O)N1N=C(c2cc(Cl)cc(Cl)c2O)CC1c1ccc(Cl)cc1. The number of amides is 1. The van der Waals surface area contributed by atoms with Gasteiger partial charge in [-0.25, -0.2) is 5.01 Å². The summed E-state index contributed by atoms with van der Waals surface area (Å²) < 4.78 is 0. The monoisotopic (exact) mass is 382 g/mol. The molecular weight excluding hydrogens is 371 g/mol. The van der Waals surface area contributed by atoms with E-state index in [0.717, 1.165) is 5.56 Å². The second-order valence-corrected chi connectivity index (χ2v) is 6.75. The number of hydrogen-bond donors (Lipinski definition) is 1. The van der Waals surface area contributed by atoms with Crippen LogP contribution in [0, 0.1) is 0 Å². The van der Waals surface area contributed by atoms with Crippen LogP contribution in [0.25, 0.3) is 0 Å². The Hall–Kier alpha value is -1.75. The molecule has 0 fully saturated rings. The lowest BCUT2D eigenvalue weighted by Gasteiger charge is -2.20. The predicted octanol–water partition coefficient (Wildman–Crippen LogP) is 5.05. The fraction of sp³-hybridized carbons (Fsp3) is 0.176. The Morgan fingerprint density at radius 2 is 1.83 bits per heavy atom. The van der Waals surface area contributed by atoms with Gasteiger partial charge in [-0.05, 0) is 29.8 Å². The maximum Gasteiger partial charge on any atom is 0.240 e. The summed E-state index contributed by atoms with van der Waals surface area (Å²) in [6.45, 7) is 1.44. The molecule has 124 valence electrons. The van der Waals surface area contributed by atoms with Gasteiger partial charge in [-0.15, -0.1) is 0 Å². The molecule has 1 unspecified atom stereocenters. The van der Waals surface area contributed by atoms with E-state index in [2.05, 4.69) is 5.10 Å². The van der Waals surface area contributed by atoms with Gasteiger partial charge in [0.25, 0.3) is 0 Å². The van der Waals surface area contributed by atoms with Crippen molar-refractivity contribution in [3.63, 3.8) is 0 Å². The Balaban J connectivity index is 2.01. The van der Waals surface area contributed by atoms with E-state index in [-0.39, 0.29) is 22.7 Å². The molecule has 1 aliphatic heterocycles. The molecule has 0 saturated heterocycles. The van der Waals surface area contributed by atoms with E-state index in [1.807, 2.05) is 12.1 Å². The van der Waals surface area contributed by atoms with Crippen molar-refractivity contribution in [2.45, 2.75) is 19.4 Å². The zero-order valence-corrected chi connectivity index (χ0v) is 14.9. The summed E-state index contributed by atoms with van der Waals surface area (Å²) in [5.41, 5.74) is 1.88. The van der Waals surface area contributed by atoms with E-state index in [0.29, 0.717) is 27.7 Å². The van der Waals surface area contributed by atoms with Crippen molar-refractivity contribution in [1.29, 1.82) is 0 Å². The average molecular weight is 384 g/mol. The average Bonchev–Trinajstić information content (AvgIpc) is 2.97. The normalized spacial score (nSPS) is 17.1. The molecular formula is C17H13Cl3N2O2. The number of carbonyl (C=O) groups is 1. The molecule has 2 aromatic carbocycles. The van der Waals surface area contributed by atoms with Crippen LogP contribution < -0.4 is 0 Å². The van der Waals surface area contributed by atoms with Crippen molar-refractivity contribution >= 4 is 46.4 Å².